The van der Waals surface area contributed by atoms with E-state index >= 15 is 0 Å². The van der Waals surface area contributed by atoms with Crippen LogP contribution in [0, 0.1) is 0 Å². The third-order valence-corrected chi connectivity index (χ3v) is 9.93. The van der Waals surface area contributed by atoms with Gasteiger partial charge in [0.1, 0.15) is 19.3 Å². The molecule has 0 aromatic carbocycles. The molecule has 0 N–H and O–H groups in total. The molecule has 2 atom stereocenters. The third kappa shape index (κ3) is 44.6. The zero-order chi connectivity index (χ0) is 42.0. The lowest BCUT2D eigenvalue weighted by molar-refractivity contribution is -0.870. The Morgan fingerprint density at radius 3 is 1.51 bits per heavy atom. The minimum atomic E-state index is -4.53. The second-order valence-electron chi connectivity index (χ2n) is 15.7. The van der Waals surface area contributed by atoms with E-state index < -0.39 is 13.9 Å². The fourth-order valence-electron chi connectivity index (χ4n) is 5.52. The number of rotatable bonds is 40. The van der Waals surface area contributed by atoms with Crippen molar-refractivity contribution in [3.63, 3.8) is 0 Å². The number of hydrogen-bond donors (Lipinski definition) is 0. The van der Waals surface area contributed by atoms with Crippen molar-refractivity contribution in [2.75, 3.05) is 54.1 Å². The smallest absolute Gasteiger partial charge is 0.306 e. The summed E-state index contributed by atoms with van der Waals surface area (Å²) in [7, 11) is 1.32. The summed E-state index contributed by atoms with van der Waals surface area (Å²) in [5.74, 6) is -0.369. The van der Waals surface area contributed by atoms with E-state index in [1.807, 2.05) is 21.1 Å². The summed E-state index contributed by atoms with van der Waals surface area (Å²) in [4.78, 5) is 25.0. The van der Waals surface area contributed by atoms with Crippen LogP contribution in [0.25, 0.3) is 0 Å². The van der Waals surface area contributed by atoms with Gasteiger partial charge in [-0.3, -0.25) is 9.36 Å². The van der Waals surface area contributed by atoms with Crippen molar-refractivity contribution in [3.05, 3.63) is 85.1 Å². The van der Waals surface area contributed by atoms with Crippen molar-refractivity contribution >= 4 is 13.8 Å². The van der Waals surface area contributed by atoms with Gasteiger partial charge in [0.05, 0.1) is 34.4 Å². The first-order valence-corrected chi connectivity index (χ1v) is 23.8. The largest absolute Gasteiger partial charge is 0.756 e. The van der Waals surface area contributed by atoms with Crippen LogP contribution in [0.3, 0.4) is 0 Å². The molecule has 9 heteroatoms. The Bertz CT molecular complexity index is 1180. The SMILES string of the molecule is CC/C=C\C/C=C\C/C=C\C/C=C\C/C=C\C/C=C\C/C=C\CCCCCC(=O)OC(COCCCCCCCCCCCC)COP(=O)([O-])OCC[N+](C)(C)C. The fraction of sp³-hybridized carbons (Fsp3) is 0.688. The number of likely N-dealkylation sites (N-methyl/N-ethyl adjacent to an activating group) is 1. The van der Waals surface area contributed by atoms with Crippen LogP contribution in [-0.4, -0.2) is 70.7 Å². The van der Waals surface area contributed by atoms with E-state index in [-0.39, 0.29) is 32.2 Å². The minimum absolute atomic E-state index is 0.0155. The molecule has 0 spiro atoms. The highest BCUT2D eigenvalue weighted by molar-refractivity contribution is 7.45. The van der Waals surface area contributed by atoms with Gasteiger partial charge in [-0.25, -0.2) is 0 Å². The molecule has 0 fully saturated rings. The molecule has 0 aliphatic carbocycles. The normalized spacial score (nSPS) is 14.6. The molecule has 8 nitrogen and oxygen atoms in total. The number of esters is 1. The number of nitrogens with zero attached hydrogens (tertiary/aromatic N) is 1. The number of phosphoric acid groups is 1. The van der Waals surface area contributed by atoms with Crippen LogP contribution < -0.4 is 4.89 Å². The molecule has 0 amide bonds. The van der Waals surface area contributed by atoms with Crippen molar-refractivity contribution in [2.45, 2.75) is 161 Å². The highest BCUT2D eigenvalue weighted by atomic mass is 31.2. The topological polar surface area (TPSA) is 94.1 Å². The van der Waals surface area contributed by atoms with Crippen molar-refractivity contribution < 1.29 is 37.3 Å². The van der Waals surface area contributed by atoms with Gasteiger partial charge in [0, 0.05) is 13.0 Å². The van der Waals surface area contributed by atoms with E-state index in [4.69, 9.17) is 18.5 Å². The Balaban J connectivity index is 4.26. The Morgan fingerprint density at radius 2 is 1.02 bits per heavy atom. The van der Waals surface area contributed by atoms with Crippen LogP contribution in [0.1, 0.15) is 155 Å². The summed E-state index contributed by atoms with van der Waals surface area (Å²) in [6, 6.07) is 0. The average molecular weight is 818 g/mol. The summed E-state index contributed by atoms with van der Waals surface area (Å²) >= 11 is 0. The summed E-state index contributed by atoms with van der Waals surface area (Å²) in [5, 5.41) is 0. The van der Waals surface area contributed by atoms with E-state index in [0.29, 0.717) is 24.1 Å². The number of ether oxygens (including phenoxy) is 2. The number of quaternary nitrogens is 1. The molecule has 0 radical (unpaired) electrons. The molecule has 0 rings (SSSR count). The predicted molar refractivity (Wildman–Crippen MR) is 240 cm³/mol. The molecule has 0 bridgehead atoms. The molecule has 328 valence electrons. The molecule has 2 unspecified atom stereocenters. The zero-order valence-corrected chi connectivity index (χ0v) is 37.9. The maximum atomic E-state index is 12.7. The lowest BCUT2D eigenvalue weighted by Gasteiger charge is -2.28. The van der Waals surface area contributed by atoms with Crippen molar-refractivity contribution in [3.8, 4) is 0 Å². The summed E-state index contributed by atoms with van der Waals surface area (Å²) in [5.41, 5.74) is 0. The van der Waals surface area contributed by atoms with Gasteiger partial charge in [-0.1, -0.05) is 163 Å². The molecule has 0 aromatic heterocycles. The molecular formula is C48H84NO7P. The van der Waals surface area contributed by atoms with E-state index in [0.717, 1.165) is 77.0 Å². The van der Waals surface area contributed by atoms with Gasteiger partial charge < -0.3 is 27.9 Å². The van der Waals surface area contributed by atoms with Gasteiger partial charge in [-0.05, 0) is 70.6 Å². The standard InChI is InChI=1S/C48H84NO7P/c1-6-8-10-12-14-16-18-19-20-21-22-23-24-25-26-27-28-29-30-31-32-33-35-37-39-41-48(50)56-47(46-55-57(51,52)54-44-42-49(3,4)5)45-53-43-40-38-36-34-17-15-13-11-9-7-2/h8,10,14,16,19-20,22-23,25-26,28-29,31-32,47H,6-7,9,11-13,15,17-18,21,24,27,30,33-46H2,1-5H3/b10-8-,16-14-,20-19-,23-22-,26-25-,29-28-,32-31-. The molecule has 0 saturated carbocycles. The maximum Gasteiger partial charge on any atom is 0.306 e. The van der Waals surface area contributed by atoms with E-state index in [2.05, 4.69) is 98.9 Å². The Kier molecular flexibility index (Phi) is 38.8. The Labute approximate surface area is 350 Å². The van der Waals surface area contributed by atoms with Crippen LogP contribution in [0.15, 0.2) is 85.1 Å². The zero-order valence-electron chi connectivity index (χ0n) is 37.0. The second kappa shape index (κ2) is 40.5. The number of carbonyl (C=O) groups excluding carboxylic acids is 1. The lowest BCUT2D eigenvalue weighted by atomic mass is 10.1. The average Bonchev–Trinajstić information content (AvgIpc) is 3.16. The monoisotopic (exact) mass is 818 g/mol. The van der Waals surface area contributed by atoms with Crippen LogP contribution >= 0.6 is 7.82 Å². The Morgan fingerprint density at radius 1 is 0.561 bits per heavy atom. The number of hydrogen-bond acceptors (Lipinski definition) is 7. The van der Waals surface area contributed by atoms with Gasteiger partial charge in [0.15, 0.2) is 0 Å². The van der Waals surface area contributed by atoms with Gasteiger partial charge in [0.2, 0.25) is 0 Å². The second-order valence-corrected chi connectivity index (χ2v) is 17.1. The molecule has 0 heterocycles. The number of unbranched alkanes of at least 4 members (excludes halogenated alkanes) is 12. The quantitative estimate of drug-likeness (QED) is 0.0200. The van der Waals surface area contributed by atoms with Gasteiger partial charge >= 0.3 is 5.97 Å². The summed E-state index contributed by atoms with van der Waals surface area (Å²) < 4.78 is 34.5. The van der Waals surface area contributed by atoms with Crippen LogP contribution in [0.2, 0.25) is 0 Å². The predicted octanol–water partition coefficient (Wildman–Crippen LogP) is 12.6. The highest BCUT2D eigenvalue weighted by Crippen LogP contribution is 2.38. The summed E-state index contributed by atoms with van der Waals surface area (Å²) in [6.07, 6.45) is 53.1. The van der Waals surface area contributed by atoms with Crippen LogP contribution in [-0.2, 0) is 27.9 Å². The van der Waals surface area contributed by atoms with Gasteiger partial charge in [-0.15, -0.1) is 0 Å². The lowest BCUT2D eigenvalue weighted by Crippen LogP contribution is -2.37. The number of allylic oxidation sites excluding steroid dienone is 14. The van der Waals surface area contributed by atoms with Crippen LogP contribution in [0.4, 0.5) is 0 Å². The maximum absolute atomic E-state index is 12.7. The molecule has 0 saturated heterocycles. The van der Waals surface area contributed by atoms with Crippen molar-refractivity contribution in [2.24, 2.45) is 0 Å². The number of carbonyl (C=O) groups is 1. The van der Waals surface area contributed by atoms with E-state index in [1.165, 1.54) is 51.4 Å². The first-order valence-electron chi connectivity index (χ1n) is 22.3. The molecule has 57 heavy (non-hydrogen) atoms. The molecule has 0 aliphatic rings. The first kappa shape index (κ1) is 54.7. The first-order chi connectivity index (χ1) is 27.6. The van der Waals surface area contributed by atoms with Gasteiger partial charge in [-0.2, -0.15) is 0 Å². The van der Waals surface area contributed by atoms with Crippen molar-refractivity contribution in [1.82, 2.24) is 0 Å². The third-order valence-electron chi connectivity index (χ3n) is 8.96. The molecule has 0 aromatic rings. The van der Waals surface area contributed by atoms with Gasteiger partial charge in [0.25, 0.3) is 7.82 Å². The summed E-state index contributed by atoms with van der Waals surface area (Å²) in [6.45, 7) is 5.22. The van der Waals surface area contributed by atoms with E-state index in [9.17, 15) is 14.3 Å². The number of phosphoric ester groups is 1. The van der Waals surface area contributed by atoms with Crippen molar-refractivity contribution in [1.29, 1.82) is 0 Å². The molecule has 0 aliphatic heterocycles. The van der Waals surface area contributed by atoms with E-state index in [1.54, 1.807) is 0 Å². The fourth-order valence-corrected chi connectivity index (χ4v) is 6.25. The highest BCUT2D eigenvalue weighted by Gasteiger charge is 2.20. The Hall–Kier alpha value is -2.32. The minimum Gasteiger partial charge on any atom is -0.756 e. The van der Waals surface area contributed by atoms with Crippen LogP contribution in [0.5, 0.6) is 0 Å². The molecular weight excluding hydrogens is 734 g/mol.